The Labute approximate surface area is 116 Å². The van der Waals surface area contributed by atoms with Gasteiger partial charge in [-0.2, -0.15) is 0 Å². The maximum absolute atomic E-state index is 11.4. The molecule has 3 N–H and O–H groups in total. The molecule has 0 aliphatic carbocycles. The molecule has 5 nitrogen and oxygen atoms in total. The van der Waals surface area contributed by atoms with Gasteiger partial charge in [-0.1, -0.05) is 6.92 Å². The summed E-state index contributed by atoms with van der Waals surface area (Å²) in [6.45, 7) is 9.65. The standard InChI is InChI=1S/C14H28N4O/c1-3-16-13(14(15)19)6-8-17-10-12-5-4-7-18(12)9-11(17)2/h11-13,16H,3-10H2,1-2H3,(H2,15,19). The Morgan fingerprint density at radius 2 is 2.26 bits per heavy atom. The Hall–Kier alpha value is -0.650. The molecule has 0 aromatic heterocycles. The van der Waals surface area contributed by atoms with Crippen LogP contribution in [0.15, 0.2) is 0 Å². The lowest BCUT2D eigenvalue weighted by atomic mass is 10.1. The molecular weight excluding hydrogens is 240 g/mol. The third-order valence-electron chi connectivity index (χ3n) is 4.57. The van der Waals surface area contributed by atoms with E-state index < -0.39 is 0 Å². The van der Waals surface area contributed by atoms with Crippen molar-refractivity contribution in [3.8, 4) is 0 Å². The smallest absolute Gasteiger partial charge is 0.234 e. The number of nitrogens with zero attached hydrogens (tertiary/aromatic N) is 2. The molecular formula is C14H28N4O. The van der Waals surface area contributed by atoms with E-state index in [4.69, 9.17) is 5.73 Å². The van der Waals surface area contributed by atoms with E-state index >= 15 is 0 Å². The number of carbonyl (C=O) groups excluding carboxylic acids is 1. The number of piperazine rings is 1. The van der Waals surface area contributed by atoms with Gasteiger partial charge >= 0.3 is 0 Å². The first-order chi connectivity index (χ1) is 9.11. The zero-order chi connectivity index (χ0) is 13.8. The number of amides is 1. The molecule has 19 heavy (non-hydrogen) atoms. The Bertz CT molecular complexity index is 310. The molecule has 2 rings (SSSR count). The number of primary amides is 1. The number of rotatable bonds is 6. The number of carbonyl (C=O) groups is 1. The summed E-state index contributed by atoms with van der Waals surface area (Å²) in [6, 6.07) is 1.14. The second-order valence-electron chi connectivity index (χ2n) is 5.94. The SMILES string of the molecule is CCNC(CCN1CC2CCCN2CC1C)C(N)=O. The summed E-state index contributed by atoms with van der Waals surface area (Å²) < 4.78 is 0. The van der Waals surface area contributed by atoms with Crippen molar-refractivity contribution < 1.29 is 4.79 Å². The molecule has 0 aromatic carbocycles. The fourth-order valence-electron chi connectivity index (χ4n) is 3.45. The second kappa shape index (κ2) is 6.68. The van der Waals surface area contributed by atoms with Crippen molar-refractivity contribution in [1.29, 1.82) is 0 Å². The van der Waals surface area contributed by atoms with Gasteiger partial charge < -0.3 is 11.1 Å². The summed E-state index contributed by atoms with van der Waals surface area (Å²) in [7, 11) is 0. The molecule has 0 spiro atoms. The molecule has 0 radical (unpaired) electrons. The van der Waals surface area contributed by atoms with Gasteiger partial charge in [0.15, 0.2) is 0 Å². The number of fused-ring (bicyclic) bond motifs is 1. The molecule has 110 valence electrons. The van der Waals surface area contributed by atoms with Crippen LogP contribution in [0.25, 0.3) is 0 Å². The minimum Gasteiger partial charge on any atom is -0.368 e. The average Bonchev–Trinajstić information content (AvgIpc) is 2.80. The van der Waals surface area contributed by atoms with Crippen LogP contribution in [0.2, 0.25) is 0 Å². The third-order valence-corrected chi connectivity index (χ3v) is 4.57. The molecule has 2 aliphatic rings. The molecule has 2 saturated heterocycles. The fraction of sp³-hybridized carbons (Fsp3) is 0.929. The van der Waals surface area contributed by atoms with Gasteiger partial charge in [0.25, 0.3) is 0 Å². The van der Waals surface area contributed by atoms with Gasteiger partial charge in [-0.15, -0.1) is 0 Å². The molecule has 2 aliphatic heterocycles. The minimum atomic E-state index is -0.228. The van der Waals surface area contributed by atoms with Crippen LogP contribution in [0.1, 0.15) is 33.1 Å². The zero-order valence-electron chi connectivity index (χ0n) is 12.3. The van der Waals surface area contributed by atoms with Crippen LogP contribution in [0.3, 0.4) is 0 Å². The normalized spacial score (nSPS) is 30.2. The van der Waals surface area contributed by atoms with Crippen LogP contribution in [0.5, 0.6) is 0 Å². The van der Waals surface area contributed by atoms with Crippen LogP contribution < -0.4 is 11.1 Å². The van der Waals surface area contributed by atoms with Gasteiger partial charge in [0.05, 0.1) is 6.04 Å². The molecule has 3 atom stereocenters. The maximum atomic E-state index is 11.4. The third kappa shape index (κ3) is 3.68. The van der Waals surface area contributed by atoms with Crippen LogP contribution in [-0.4, -0.2) is 66.6 Å². The van der Waals surface area contributed by atoms with Crippen molar-refractivity contribution in [3.63, 3.8) is 0 Å². The Morgan fingerprint density at radius 1 is 1.47 bits per heavy atom. The van der Waals surface area contributed by atoms with Gasteiger partial charge in [0.2, 0.25) is 5.91 Å². The van der Waals surface area contributed by atoms with Crippen molar-refractivity contribution in [1.82, 2.24) is 15.1 Å². The highest BCUT2D eigenvalue weighted by Gasteiger charge is 2.34. The molecule has 3 unspecified atom stereocenters. The van der Waals surface area contributed by atoms with Crippen molar-refractivity contribution in [2.75, 3.05) is 32.7 Å². The fourth-order valence-corrected chi connectivity index (χ4v) is 3.45. The van der Waals surface area contributed by atoms with E-state index in [1.807, 2.05) is 6.92 Å². The van der Waals surface area contributed by atoms with E-state index in [1.54, 1.807) is 0 Å². The summed E-state index contributed by atoms with van der Waals surface area (Å²) in [5.74, 6) is -0.228. The van der Waals surface area contributed by atoms with Crippen molar-refractivity contribution in [2.45, 2.75) is 51.2 Å². The lowest BCUT2D eigenvalue weighted by Gasteiger charge is -2.42. The van der Waals surface area contributed by atoms with Gasteiger partial charge in [-0.05, 0) is 39.3 Å². The average molecular weight is 268 g/mol. The van der Waals surface area contributed by atoms with Crippen LogP contribution >= 0.6 is 0 Å². The van der Waals surface area contributed by atoms with E-state index in [-0.39, 0.29) is 11.9 Å². The van der Waals surface area contributed by atoms with E-state index in [0.29, 0.717) is 6.04 Å². The number of likely N-dealkylation sites (N-methyl/N-ethyl adjacent to an activating group) is 1. The first kappa shape index (κ1) is 14.8. The van der Waals surface area contributed by atoms with Crippen LogP contribution in [0, 0.1) is 0 Å². The van der Waals surface area contributed by atoms with Crippen LogP contribution in [0.4, 0.5) is 0 Å². The van der Waals surface area contributed by atoms with E-state index in [2.05, 4.69) is 22.0 Å². The second-order valence-corrected chi connectivity index (χ2v) is 5.94. The minimum absolute atomic E-state index is 0.182. The summed E-state index contributed by atoms with van der Waals surface area (Å²) in [5.41, 5.74) is 5.43. The van der Waals surface area contributed by atoms with Crippen molar-refractivity contribution in [3.05, 3.63) is 0 Å². The number of hydrogen-bond donors (Lipinski definition) is 2. The number of nitrogens with one attached hydrogen (secondary N) is 1. The van der Waals surface area contributed by atoms with Gasteiger partial charge in [0.1, 0.15) is 0 Å². The largest absolute Gasteiger partial charge is 0.368 e. The summed E-state index contributed by atoms with van der Waals surface area (Å²) in [4.78, 5) is 16.5. The number of nitrogens with two attached hydrogens (primary N) is 1. The summed E-state index contributed by atoms with van der Waals surface area (Å²) in [5, 5.41) is 3.17. The van der Waals surface area contributed by atoms with Gasteiger partial charge in [0, 0.05) is 31.7 Å². The van der Waals surface area contributed by atoms with E-state index in [1.165, 1.54) is 25.9 Å². The zero-order valence-corrected chi connectivity index (χ0v) is 12.3. The Balaban J connectivity index is 1.82. The van der Waals surface area contributed by atoms with Crippen molar-refractivity contribution >= 4 is 5.91 Å². The lowest BCUT2D eigenvalue weighted by Crippen LogP contribution is -2.56. The predicted molar refractivity (Wildman–Crippen MR) is 76.9 cm³/mol. The van der Waals surface area contributed by atoms with Crippen molar-refractivity contribution in [2.24, 2.45) is 5.73 Å². The molecule has 2 fully saturated rings. The molecule has 0 bridgehead atoms. The first-order valence-electron chi connectivity index (χ1n) is 7.62. The molecule has 0 saturated carbocycles. The van der Waals surface area contributed by atoms with Gasteiger partial charge in [-0.3, -0.25) is 14.6 Å². The molecule has 2 heterocycles. The highest BCUT2D eigenvalue weighted by Crippen LogP contribution is 2.24. The monoisotopic (exact) mass is 268 g/mol. The number of hydrogen-bond acceptors (Lipinski definition) is 4. The van der Waals surface area contributed by atoms with E-state index in [9.17, 15) is 4.79 Å². The quantitative estimate of drug-likeness (QED) is 0.712. The summed E-state index contributed by atoms with van der Waals surface area (Å²) >= 11 is 0. The van der Waals surface area contributed by atoms with Gasteiger partial charge in [-0.25, -0.2) is 0 Å². The predicted octanol–water partition coefficient (Wildman–Crippen LogP) is 0.00840. The van der Waals surface area contributed by atoms with E-state index in [0.717, 1.165) is 32.1 Å². The molecule has 0 aromatic rings. The lowest BCUT2D eigenvalue weighted by molar-refractivity contribution is -0.120. The summed E-state index contributed by atoms with van der Waals surface area (Å²) in [6.07, 6.45) is 3.49. The highest BCUT2D eigenvalue weighted by atomic mass is 16.1. The molecule has 1 amide bonds. The van der Waals surface area contributed by atoms with Crippen LogP contribution in [-0.2, 0) is 4.79 Å². The first-order valence-corrected chi connectivity index (χ1v) is 7.62. The Kier molecular flexibility index (Phi) is 5.19. The Morgan fingerprint density at radius 3 is 2.95 bits per heavy atom. The molecule has 5 heteroatoms. The highest BCUT2D eigenvalue weighted by molar-refractivity contribution is 5.79. The topological polar surface area (TPSA) is 61.6 Å². The maximum Gasteiger partial charge on any atom is 0.234 e.